The van der Waals surface area contributed by atoms with Gasteiger partial charge in [0.2, 0.25) is 0 Å². The van der Waals surface area contributed by atoms with E-state index in [-0.39, 0.29) is 0 Å². The minimum absolute atomic E-state index is 0.794. The number of rotatable bonds is 2. The molecule has 1 N–H and O–H groups in total. The Kier molecular flexibility index (Phi) is 3.95. The van der Waals surface area contributed by atoms with Crippen LogP contribution in [0.4, 0.5) is 0 Å². The van der Waals surface area contributed by atoms with Crippen LogP contribution in [0.25, 0.3) is 0 Å². The first-order valence-corrected chi connectivity index (χ1v) is 8.22. The first-order valence-electron chi connectivity index (χ1n) is 8.22. The molecule has 2 saturated carbocycles. The predicted molar refractivity (Wildman–Crippen MR) is 76.8 cm³/mol. The smallest absolute Gasteiger partial charge is 0.0220 e. The van der Waals surface area contributed by atoms with E-state index in [9.17, 15) is 0 Å². The van der Waals surface area contributed by atoms with E-state index in [1.807, 2.05) is 0 Å². The maximum absolute atomic E-state index is 3.56. The second-order valence-electron chi connectivity index (χ2n) is 7.10. The lowest BCUT2D eigenvalue weighted by Gasteiger charge is -2.44. The molecule has 0 aromatic heterocycles. The van der Waals surface area contributed by atoms with Gasteiger partial charge in [0.25, 0.3) is 0 Å². The van der Waals surface area contributed by atoms with Crippen molar-refractivity contribution in [3.05, 3.63) is 0 Å². The summed E-state index contributed by atoms with van der Waals surface area (Å²) >= 11 is 0. The van der Waals surface area contributed by atoms with E-state index in [2.05, 4.69) is 17.3 Å². The van der Waals surface area contributed by atoms with Gasteiger partial charge in [-0.05, 0) is 70.4 Å². The Morgan fingerprint density at radius 2 is 1.61 bits per heavy atom. The summed E-state index contributed by atoms with van der Waals surface area (Å²) in [5.74, 6) is 0. The van der Waals surface area contributed by atoms with E-state index in [1.165, 1.54) is 77.3 Å². The molecule has 0 aromatic carbocycles. The van der Waals surface area contributed by atoms with Gasteiger partial charge in [-0.3, -0.25) is 4.90 Å². The minimum Gasteiger partial charge on any atom is -0.315 e. The van der Waals surface area contributed by atoms with Crippen LogP contribution in [0.3, 0.4) is 0 Å². The van der Waals surface area contributed by atoms with Crippen LogP contribution >= 0.6 is 0 Å². The zero-order chi connectivity index (χ0) is 12.4. The zero-order valence-corrected chi connectivity index (χ0v) is 12.1. The molecular weight excluding hydrogens is 220 g/mol. The highest BCUT2D eigenvalue weighted by molar-refractivity contribution is 4.93. The molecule has 0 amide bonds. The molecular formula is C16H30N2. The fourth-order valence-corrected chi connectivity index (χ4v) is 4.73. The highest BCUT2D eigenvalue weighted by Crippen LogP contribution is 2.49. The average molecular weight is 250 g/mol. The van der Waals surface area contributed by atoms with Crippen LogP contribution in [0.15, 0.2) is 0 Å². The fraction of sp³-hybridized carbons (Fsp3) is 1.00. The molecule has 3 fully saturated rings. The molecule has 0 radical (unpaired) electrons. The molecule has 1 spiro atoms. The van der Waals surface area contributed by atoms with Crippen molar-refractivity contribution in [2.24, 2.45) is 5.41 Å². The van der Waals surface area contributed by atoms with Crippen LogP contribution in [0.1, 0.15) is 64.2 Å². The van der Waals surface area contributed by atoms with E-state index < -0.39 is 0 Å². The molecule has 1 aliphatic heterocycles. The molecule has 3 rings (SSSR count). The maximum atomic E-state index is 3.56. The first kappa shape index (κ1) is 12.9. The van der Waals surface area contributed by atoms with Gasteiger partial charge in [-0.15, -0.1) is 0 Å². The van der Waals surface area contributed by atoms with E-state index in [1.54, 1.807) is 0 Å². The molecule has 1 heterocycles. The van der Waals surface area contributed by atoms with Crippen molar-refractivity contribution in [1.29, 1.82) is 0 Å². The van der Waals surface area contributed by atoms with Crippen molar-refractivity contribution in [2.45, 2.75) is 76.3 Å². The predicted octanol–water partition coefficient (Wildman–Crippen LogP) is 3.17. The summed E-state index contributed by atoms with van der Waals surface area (Å²) in [6.45, 7) is 2.45. The summed E-state index contributed by atoms with van der Waals surface area (Å²) in [5.41, 5.74) is 0.794. The molecule has 2 nitrogen and oxygen atoms in total. The Morgan fingerprint density at radius 1 is 0.889 bits per heavy atom. The third-order valence-corrected chi connectivity index (χ3v) is 6.10. The van der Waals surface area contributed by atoms with E-state index >= 15 is 0 Å². The van der Waals surface area contributed by atoms with Crippen molar-refractivity contribution < 1.29 is 0 Å². The summed E-state index contributed by atoms with van der Waals surface area (Å²) in [6.07, 6.45) is 14.8. The molecule has 2 heteroatoms. The number of likely N-dealkylation sites (N-methyl/N-ethyl adjacent to an activating group) is 1. The third kappa shape index (κ3) is 2.60. The number of hydrogen-bond acceptors (Lipinski definition) is 2. The Morgan fingerprint density at radius 3 is 2.22 bits per heavy atom. The standard InChI is InChI=1S/C16H30N2/c1-18(15-5-4-12-17-13-15)14-6-10-16(11-7-14)8-2-3-9-16/h14-15,17H,2-13H2,1H3. The van der Waals surface area contributed by atoms with Crippen molar-refractivity contribution >= 4 is 0 Å². The van der Waals surface area contributed by atoms with Crippen LogP contribution in [0, 0.1) is 5.41 Å². The summed E-state index contributed by atoms with van der Waals surface area (Å²) in [4.78, 5) is 2.72. The molecule has 0 bridgehead atoms. The highest BCUT2D eigenvalue weighted by Gasteiger charge is 2.39. The number of piperidine rings is 1. The van der Waals surface area contributed by atoms with E-state index in [4.69, 9.17) is 0 Å². The van der Waals surface area contributed by atoms with Crippen molar-refractivity contribution in [2.75, 3.05) is 20.1 Å². The molecule has 1 atom stereocenters. The van der Waals surface area contributed by atoms with E-state index in [0.717, 1.165) is 17.5 Å². The van der Waals surface area contributed by atoms with Gasteiger partial charge >= 0.3 is 0 Å². The van der Waals surface area contributed by atoms with Gasteiger partial charge in [0.05, 0.1) is 0 Å². The van der Waals surface area contributed by atoms with Gasteiger partial charge in [0, 0.05) is 18.6 Å². The summed E-state index contributed by atoms with van der Waals surface area (Å²) in [5, 5.41) is 3.56. The summed E-state index contributed by atoms with van der Waals surface area (Å²) in [6, 6.07) is 1.68. The normalized spacial score (nSPS) is 33.3. The summed E-state index contributed by atoms with van der Waals surface area (Å²) < 4.78 is 0. The molecule has 1 saturated heterocycles. The molecule has 18 heavy (non-hydrogen) atoms. The highest BCUT2D eigenvalue weighted by atomic mass is 15.2. The van der Waals surface area contributed by atoms with Gasteiger partial charge in [-0.2, -0.15) is 0 Å². The molecule has 0 aromatic rings. The fourth-order valence-electron chi connectivity index (χ4n) is 4.73. The topological polar surface area (TPSA) is 15.3 Å². The van der Waals surface area contributed by atoms with Crippen LogP contribution in [-0.4, -0.2) is 37.1 Å². The molecule has 1 unspecified atom stereocenters. The lowest BCUT2D eigenvalue weighted by molar-refractivity contribution is 0.0717. The van der Waals surface area contributed by atoms with Crippen LogP contribution < -0.4 is 5.32 Å². The molecule has 3 aliphatic rings. The monoisotopic (exact) mass is 250 g/mol. The molecule has 2 aliphatic carbocycles. The lowest BCUT2D eigenvalue weighted by Crippen LogP contribution is -2.49. The van der Waals surface area contributed by atoms with Crippen LogP contribution in [0.5, 0.6) is 0 Å². The quantitative estimate of drug-likeness (QED) is 0.810. The van der Waals surface area contributed by atoms with Crippen molar-refractivity contribution in [3.63, 3.8) is 0 Å². The van der Waals surface area contributed by atoms with E-state index in [0.29, 0.717) is 0 Å². The second kappa shape index (κ2) is 5.50. The van der Waals surface area contributed by atoms with Gasteiger partial charge in [0.1, 0.15) is 0 Å². The zero-order valence-electron chi connectivity index (χ0n) is 12.1. The molecule has 104 valence electrons. The SMILES string of the molecule is CN(C1CCC2(CCCC2)CC1)C1CCCNC1. The minimum atomic E-state index is 0.794. The summed E-state index contributed by atoms with van der Waals surface area (Å²) in [7, 11) is 2.38. The van der Waals surface area contributed by atoms with Gasteiger partial charge in [0.15, 0.2) is 0 Å². The van der Waals surface area contributed by atoms with Crippen LogP contribution in [-0.2, 0) is 0 Å². The average Bonchev–Trinajstić information content (AvgIpc) is 2.88. The Labute approximate surface area is 113 Å². The van der Waals surface area contributed by atoms with Gasteiger partial charge < -0.3 is 5.32 Å². The Bertz CT molecular complexity index is 254. The van der Waals surface area contributed by atoms with Gasteiger partial charge in [-0.25, -0.2) is 0 Å². The number of hydrogen-bond donors (Lipinski definition) is 1. The van der Waals surface area contributed by atoms with Crippen molar-refractivity contribution in [3.8, 4) is 0 Å². The second-order valence-corrected chi connectivity index (χ2v) is 7.10. The van der Waals surface area contributed by atoms with Gasteiger partial charge in [-0.1, -0.05) is 12.8 Å². The van der Waals surface area contributed by atoms with Crippen molar-refractivity contribution in [1.82, 2.24) is 10.2 Å². The van der Waals surface area contributed by atoms with Crippen LogP contribution in [0.2, 0.25) is 0 Å². The Hall–Kier alpha value is -0.0800. The number of nitrogens with zero attached hydrogens (tertiary/aromatic N) is 1. The largest absolute Gasteiger partial charge is 0.315 e. The third-order valence-electron chi connectivity index (χ3n) is 6.10. The maximum Gasteiger partial charge on any atom is 0.0220 e. The lowest BCUT2D eigenvalue weighted by atomic mass is 9.71. The first-order chi connectivity index (χ1) is 8.79. The Balaban J connectivity index is 1.52. The number of nitrogens with one attached hydrogen (secondary N) is 1.